The van der Waals surface area contributed by atoms with Gasteiger partial charge in [-0.25, -0.2) is 4.98 Å². The maximum atomic E-state index is 12.9. The number of aryl methyl sites for hydroxylation is 2. The first-order valence-corrected chi connectivity index (χ1v) is 9.44. The first-order valence-electron chi connectivity index (χ1n) is 9.44. The molecule has 140 valence electrons. The molecule has 0 bridgehead atoms. The van der Waals surface area contributed by atoms with Crippen molar-refractivity contribution in [2.45, 2.75) is 39.3 Å². The molecule has 0 N–H and O–H groups in total. The Morgan fingerprint density at radius 2 is 2.19 bits per heavy atom. The van der Waals surface area contributed by atoms with Gasteiger partial charge in [0.05, 0.1) is 6.04 Å². The zero-order chi connectivity index (χ0) is 18.8. The van der Waals surface area contributed by atoms with Gasteiger partial charge in [0.25, 0.3) is 5.91 Å². The number of carbonyl (C=O) groups excluding carboxylic acids is 1. The molecule has 0 aliphatic carbocycles. The van der Waals surface area contributed by atoms with E-state index >= 15 is 0 Å². The quantitative estimate of drug-likeness (QED) is 0.714. The molecular formula is C20H24N6O. The number of hydrogen-bond acceptors (Lipinski definition) is 4. The van der Waals surface area contributed by atoms with E-state index in [9.17, 15) is 4.79 Å². The minimum absolute atomic E-state index is 0.00703. The molecule has 7 nitrogen and oxygen atoms in total. The summed E-state index contributed by atoms with van der Waals surface area (Å²) < 4.78 is 4.04. The zero-order valence-electron chi connectivity index (χ0n) is 15.7. The maximum absolute atomic E-state index is 12.9. The van der Waals surface area contributed by atoms with Gasteiger partial charge in [-0.15, -0.1) is 0 Å². The molecule has 4 rings (SSSR count). The van der Waals surface area contributed by atoms with Crippen LogP contribution in [0.5, 0.6) is 0 Å². The van der Waals surface area contributed by atoms with E-state index < -0.39 is 0 Å². The minimum atomic E-state index is 0.00703. The van der Waals surface area contributed by atoms with Crippen molar-refractivity contribution < 1.29 is 4.79 Å². The number of amides is 1. The van der Waals surface area contributed by atoms with Gasteiger partial charge in [-0.1, -0.05) is 0 Å². The SMILES string of the molecule is CCn1ccc(C(=O)N2CCCC(n3c(C)cnc3-c3cccnc3)C2)n1. The second kappa shape index (κ2) is 7.34. The van der Waals surface area contributed by atoms with Gasteiger partial charge in [-0.3, -0.25) is 14.5 Å². The average Bonchev–Trinajstić information content (AvgIpc) is 3.35. The fourth-order valence-electron chi connectivity index (χ4n) is 3.78. The van der Waals surface area contributed by atoms with Crippen LogP contribution in [0, 0.1) is 6.92 Å². The van der Waals surface area contributed by atoms with E-state index in [-0.39, 0.29) is 11.9 Å². The first kappa shape index (κ1) is 17.5. The number of hydrogen-bond donors (Lipinski definition) is 0. The normalized spacial score (nSPS) is 17.3. The number of nitrogens with zero attached hydrogens (tertiary/aromatic N) is 6. The third kappa shape index (κ3) is 3.37. The zero-order valence-corrected chi connectivity index (χ0v) is 15.7. The first-order chi connectivity index (χ1) is 13.2. The molecule has 0 spiro atoms. The minimum Gasteiger partial charge on any atom is -0.335 e. The fraction of sp³-hybridized carbons (Fsp3) is 0.400. The van der Waals surface area contributed by atoms with E-state index in [1.165, 1.54) is 0 Å². The number of rotatable bonds is 4. The van der Waals surface area contributed by atoms with Crippen molar-refractivity contribution in [2.75, 3.05) is 13.1 Å². The van der Waals surface area contributed by atoms with E-state index in [0.29, 0.717) is 12.2 Å². The van der Waals surface area contributed by atoms with Crippen molar-refractivity contribution in [3.63, 3.8) is 0 Å². The van der Waals surface area contributed by atoms with Crippen molar-refractivity contribution in [3.05, 3.63) is 54.4 Å². The highest BCUT2D eigenvalue weighted by molar-refractivity contribution is 5.92. The molecule has 1 unspecified atom stereocenters. The summed E-state index contributed by atoms with van der Waals surface area (Å²) in [4.78, 5) is 23.6. The smallest absolute Gasteiger partial charge is 0.274 e. The molecule has 7 heteroatoms. The van der Waals surface area contributed by atoms with E-state index in [1.807, 2.05) is 42.5 Å². The van der Waals surface area contributed by atoms with Crippen LogP contribution in [-0.4, -0.2) is 48.2 Å². The van der Waals surface area contributed by atoms with Crippen LogP contribution in [0.25, 0.3) is 11.4 Å². The predicted octanol–water partition coefficient (Wildman–Crippen LogP) is 2.95. The molecule has 4 heterocycles. The van der Waals surface area contributed by atoms with Crippen LogP contribution in [0.4, 0.5) is 0 Å². The van der Waals surface area contributed by atoms with Crippen molar-refractivity contribution in [1.29, 1.82) is 0 Å². The van der Waals surface area contributed by atoms with Crippen LogP contribution < -0.4 is 0 Å². The van der Waals surface area contributed by atoms with Gasteiger partial charge < -0.3 is 9.47 Å². The Labute approximate surface area is 158 Å². The van der Waals surface area contributed by atoms with Crippen LogP contribution in [0.2, 0.25) is 0 Å². The van der Waals surface area contributed by atoms with Gasteiger partial charge in [0.15, 0.2) is 0 Å². The second-order valence-electron chi connectivity index (χ2n) is 6.94. The van der Waals surface area contributed by atoms with Crippen LogP contribution in [0.3, 0.4) is 0 Å². The van der Waals surface area contributed by atoms with Gasteiger partial charge in [0.1, 0.15) is 11.5 Å². The maximum Gasteiger partial charge on any atom is 0.274 e. The molecule has 3 aromatic rings. The lowest BCUT2D eigenvalue weighted by Crippen LogP contribution is -2.41. The summed E-state index contributed by atoms with van der Waals surface area (Å²) in [6, 6.07) is 5.95. The third-order valence-corrected chi connectivity index (χ3v) is 5.13. The Kier molecular flexibility index (Phi) is 4.75. The predicted molar refractivity (Wildman–Crippen MR) is 102 cm³/mol. The molecule has 1 amide bonds. The Morgan fingerprint density at radius 3 is 2.93 bits per heavy atom. The van der Waals surface area contributed by atoms with E-state index in [1.54, 1.807) is 16.9 Å². The molecule has 0 radical (unpaired) electrons. The van der Waals surface area contributed by atoms with Gasteiger partial charge >= 0.3 is 0 Å². The molecule has 1 aliphatic rings. The number of piperidine rings is 1. The summed E-state index contributed by atoms with van der Waals surface area (Å²) in [5, 5.41) is 4.37. The number of aromatic nitrogens is 5. The average molecular weight is 364 g/mol. The lowest BCUT2D eigenvalue weighted by molar-refractivity contribution is 0.0672. The lowest BCUT2D eigenvalue weighted by Gasteiger charge is -2.34. The van der Waals surface area contributed by atoms with Crippen LogP contribution in [0.15, 0.2) is 43.0 Å². The molecule has 27 heavy (non-hydrogen) atoms. The summed E-state index contributed by atoms with van der Waals surface area (Å²) in [5.41, 5.74) is 2.62. The van der Waals surface area contributed by atoms with Crippen LogP contribution >= 0.6 is 0 Å². The highest BCUT2D eigenvalue weighted by atomic mass is 16.2. The monoisotopic (exact) mass is 364 g/mol. The summed E-state index contributed by atoms with van der Waals surface area (Å²) in [6.45, 7) is 6.28. The largest absolute Gasteiger partial charge is 0.335 e. The summed E-state index contributed by atoms with van der Waals surface area (Å²) in [7, 11) is 0. The second-order valence-corrected chi connectivity index (χ2v) is 6.94. The molecule has 0 aromatic carbocycles. The Morgan fingerprint density at radius 1 is 1.30 bits per heavy atom. The van der Waals surface area contributed by atoms with Crippen molar-refractivity contribution >= 4 is 5.91 Å². The number of pyridine rings is 1. The van der Waals surface area contributed by atoms with Gasteiger partial charge in [-0.2, -0.15) is 5.10 Å². The summed E-state index contributed by atoms with van der Waals surface area (Å²) >= 11 is 0. The standard InChI is InChI=1S/C20H24N6O/c1-3-25-11-8-18(23-25)20(27)24-10-5-7-17(14-24)26-15(2)12-22-19(26)16-6-4-9-21-13-16/h4,6,8-9,11-13,17H,3,5,7,10,14H2,1-2H3. The number of imidazole rings is 1. The van der Waals surface area contributed by atoms with Crippen LogP contribution in [0.1, 0.15) is 42.0 Å². The molecule has 1 saturated heterocycles. The molecule has 3 aromatic heterocycles. The molecule has 1 fully saturated rings. The van der Waals surface area contributed by atoms with E-state index in [0.717, 1.165) is 43.0 Å². The highest BCUT2D eigenvalue weighted by Gasteiger charge is 2.28. The van der Waals surface area contributed by atoms with Crippen molar-refractivity contribution in [3.8, 4) is 11.4 Å². The Balaban J connectivity index is 1.59. The fourth-order valence-corrected chi connectivity index (χ4v) is 3.78. The lowest BCUT2D eigenvalue weighted by atomic mass is 10.0. The Bertz CT molecular complexity index is 929. The van der Waals surface area contributed by atoms with Gasteiger partial charge in [-0.05, 0) is 44.9 Å². The number of carbonyl (C=O) groups is 1. The van der Waals surface area contributed by atoms with Crippen molar-refractivity contribution in [2.24, 2.45) is 0 Å². The molecule has 0 saturated carbocycles. The summed E-state index contributed by atoms with van der Waals surface area (Å²) in [6.07, 6.45) is 9.34. The van der Waals surface area contributed by atoms with Gasteiger partial charge in [0, 0.05) is 55.7 Å². The highest BCUT2D eigenvalue weighted by Crippen LogP contribution is 2.29. The third-order valence-electron chi connectivity index (χ3n) is 5.13. The molecule has 1 aliphatic heterocycles. The van der Waals surface area contributed by atoms with E-state index in [2.05, 4.69) is 26.6 Å². The number of likely N-dealkylation sites (tertiary alicyclic amines) is 1. The van der Waals surface area contributed by atoms with E-state index in [4.69, 9.17) is 0 Å². The Hall–Kier alpha value is -2.96. The van der Waals surface area contributed by atoms with Crippen LogP contribution in [-0.2, 0) is 6.54 Å². The van der Waals surface area contributed by atoms with Gasteiger partial charge in [0.2, 0.25) is 0 Å². The molecular weight excluding hydrogens is 340 g/mol. The molecule has 1 atom stereocenters. The summed E-state index contributed by atoms with van der Waals surface area (Å²) in [5.74, 6) is 0.919. The van der Waals surface area contributed by atoms with Crippen molar-refractivity contribution in [1.82, 2.24) is 29.2 Å². The topological polar surface area (TPSA) is 68.8 Å².